The number of rotatable bonds is 7. The van der Waals surface area contributed by atoms with Crippen LogP contribution in [0, 0.1) is 0 Å². The number of aryl methyl sites for hydroxylation is 1. The lowest BCUT2D eigenvalue weighted by Crippen LogP contribution is -2.38. The molecule has 0 unspecified atom stereocenters. The summed E-state index contributed by atoms with van der Waals surface area (Å²) >= 11 is 1.06. The summed E-state index contributed by atoms with van der Waals surface area (Å²) in [4.78, 5) is 0.709. The molecule has 24 heavy (non-hydrogen) atoms. The molecule has 6 heteroatoms. The lowest BCUT2D eigenvalue weighted by Gasteiger charge is -2.24. The van der Waals surface area contributed by atoms with Crippen molar-refractivity contribution in [2.24, 2.45) is 0 Å². The van der Waals surface area contributed by atoms with E-state index in [2.05, 4.69) is 0 Å². The molecule has 0 radical (unpaired) electrons. The van der Waals surface area contributed by atoms with Crippen molar-refractivity contribution in [3.8, 4) is 5.75 Å². The van der Waals surface area contributed by atoms with Gasteiger partial charge in [0.05, 0.1) is 7.11 Å². The van der Waals surface area contributed by atoms with Gasteiger partial charge < -0.3 is 9.84 Å². The van der Waals surface area contributed by atoms with Crippen molar-refractivity contribution in [3.05, 3.63) is 60.2 Å². The van der Waals surface area contributed by atoms with Crippen molar-refractivity contribution in [1.29, 1.82) is 0 Å². The predicted molar refractivity (Wildman–Crippen MR) is 89.5 cm³/mol. The van der Waals surface area contributed by atoms with E-state index in [9.17, 15) is 18.3 Å². The maximum absolute atomic E-state index is 12.9. The zero-order chi connectivity index (χ0) is 17.6. The quantitative estimate of drug-likeness (QED) is 0.729. The fourth-order valence-corrected chi connectivity index (χ4v) is 3.45. The Kier molecular flexibility index (Phi) is 6.57. The molecule has 2 aromatic carbocycles. The molecule has 2 nitrogen and oxygen atoms in total. The molecule has 0 fully saturated rings. The van der Waals surface area contributed by atoms with E-state index in [-0.39, 0.29) is 6.42 Å². The largest absolute Gasteiger partial charge is 0.497 e. The minimum absolute atomic E-state index is 0.215. The Balaban J connectivity index is 2.07. The lowest BCUT2D eigenvalue weighted by atomic mass is 10.1. The minimum Gasteiger partial charge on any atom is -0.497 e. The normalized spacial score (nSPS) is 14.2. The van der Waals surface area contributed by atoms with Crippen LogP contribution in [0.5, 0.6) is 5.75 Å². The third kappa shape index (κ3) is 5.46. The fraction of sp³-hybridized carbons (Fsp3) is 0.333. The Bertz CT molecular complexity index is 614. The molecule has 0 saturated heterocycles. The second-order valence-electron chi connectivity index (χ2n) is 5.34. The Morgan fingerprint density at radius 1 is 1.04 bits per heavy atom. The molecule has 1 N–H and O–H groups in total. The molecule has 0 amide bonds. The van der Waals surface area contributed by atoms with E-state index in [1.165, 1.54) is 0 Å². The van der Waals surface area contributed by atoms with Gasteiger partial charge in [0.25, 0.3) is 0 Å². The highest BCUT2D eigenvalue weighted by atomic mass is 32.2. The molecule has 0 aliphatic carbocycles. The van der Waals surface area contributed by atoms with Crippen molar-refractivity contribution < 1.29 is 23.0 Å². The Morgan fingerprint density at radius 2 is 1.67 bits per heavy atom. The van der Waals surface area contributed by atoms with Crippen molar-refractivity contribution >= 4 is 11.8 Å². The number of ether oxygens (including phenoxy) is 1. The monoisotopic (exact) mass is 356 g/mol. The van der Waals surface area contributed by atoms with Gasteiger partial charge in [0.1, 0.15) is 5.75 Å². The summed E-state index contributed by atoms with van der Waals surface area (Å²) in [6, 6.07) is 16.0. The molecular formula is C18H19F3O2S. The Morgan fingerprint density at radius 3 is 2.21 bits per heavy atom. The summed E-state index contributed by atoms with van der Waals surface area (Å²) in [7, 11) is 1.56. The van der Waals surface area contributed by atoms with Gasteiger partial charge in [0, 0.05) is 10.1 Å². The van der Waals surface area contributed by atoms with Gasteiger partial charge in [-0.1, -0.05) is 30.3 Å². The first-order valence-electron chi connectivity index (χ1n) is 7.49. The number of methoxy groups -OCH3 is 1. The highest BCUT2D eigenvalue weighted by Gasteiger charge is 2.43. The molecule has 0 aliphatic heterocycles. The highest BCUT2D eigenvalue weighted by Crippen LogP contribution is 2.35. The smallest absolute Gasteiger partial charge is 0.415 e. The van der Waals surface area contributed by atoms with E-state index in [1.54, 1.807) is 49.6 Å². The van der Waals surface area contributed by atoms with Crippen LogP contribution >= 0.6 is 11.8 Å². The standard InChI is InChI=1S/C18H19F3O2S/c1-23-14-10-7-13(8-11-14)9-12-16(17(22)18(19,20)21)24-15-5-3-2-4-6-15/h2-8,10-11,16-17,22H,9,12H2,1H3/t16-,17+/m1/s1. The van der Waals surface area contributed by atoms with E-state index in [4.69, 9.17) is 4.74 Å². The van der Waals surface area contributed by atoms with E-state index in [1.807, 2.05) is 12.1 Å². The molecule has 0 aliphatic rings. The van der Waals surface area contributed by atoms with Gasteiger partial charge in [-0.2, -0.15) is 13.2 Å². The number of hydrogen-bond donors (Lipinski definition) is 1. The zero-order valence-corrected chi connectivity index (χ0v) is 14.0. The number of halogens is 3. The molecule has 130 valence electrons. The summed E-state index contributed by atoms with van der Waals surface area (Å²) in [5, 5.41) is 8.74. The zero-order valence-electron chi connectivity index (χ0n) is 13.2. The van der Waals surface area contributed by atoms with Crippen LogP contribution < -0.4 is 4.74 Å². The summed E-state index contributed by atoms with van der Waals surface area (Å²) < 4.78 is 43.9. The summed E-state index contributed by atoms with van der Waals surface area (Å²) in [5.41, 5.74) is 0.906. The Labute approximate surface area is 143 Å². The van der Waals surface area contributed by atoms with Crippen LogP contribution in [0.15, 0.2) is 59.5 Å². The molecule has 0 aromatic heterocycles. The SMILES string of the molecule is COc1ccc(CC[C@@H](Sc2ccccc2)[C@H](O)C(F)(F)F)cc1. The van der Waals surface area contributed by atoms with E-state index < -0.39 is 17.5 Å². The number of aliphatic hydroxyl groups excluding tert-OH is 1. The first-order chi connectivity index (χ1) is 11.4. The highest BCUT2D eigenvalue weighted by molar-refractivity contribution is 8.00. The number of benzene rings is 2. The van der Waals surface area contributed by atoms with Crippen LogP contribution in [0.2, 0.25) is 0 Å². The van der Waals surface area contributed by atoms with E-state index in [0.29, 0.717) is 17.1 Å². The second kappa shape index (κ2) is 8.44. The maximum Gasteiger partial charge on any atom is 0.415 e. The van der Waals surface area contributed by atoms with Gasteiger partial charge in [0.15, 0.2) is 6.10 Å². The maximum atomic E-state index is 12.9. The number of aliphatic hydroxyl groups is 1. The van der Waals surface area contributed by atoms with Crippen LogP contribution in [0.1, 0.15) is 12.0 Å². The molecule has 0 bridgehead atoms. The average molecular weight is 356 g/mol. The number of hydrogen-bond acceptors (Lipinski definition) is 3. The molecule has 2 aromatic rings. The fourth-order valence-electron chi connectivity index (χ4n) is 2.27. The molecular weight excluding hydrogens is 337 g/mol. The van der Waals surface area contributed by atoms with Gasteiger partial charge in [-0.05, 0) is 42.7 Å². The van der Waals surface area contributed by atoms with Crippen molar-refractivity contribution in [2.75, 3.05) is 7.11 Å². The van der Waals surface area contributed by atoms with Crippen molar-refractivity contribution in [1.82, 2.24) is 0 Å². The number of thioether (sulfide) groups is 1. The third-order valence-electron chi connectivity index (χ3n) is 3.59. The first kappa shape index (κ1) is 18.7. The second-order valence-corrected chi connectivity index (χ2v) is 6.66. The molecule has 2 atom stereocenters. The van der Waals surface area contributed by atoms with Gasteiger partial charge >= 0.3 is 6.18 Å². The van der Waals surface area contributed by atoms with Crippen LogP contribution in [-0.2, 0) is 6.42 Å². The number of alkyl halides is 3. The average Bonchev–Trinajstić information content (AvgIpc) is 2.58. The van der Waals surface area contributed by atoms with E-state index >= 15 is 0 Å². The Hall–Kier alpha value is -1.66. The van der Waals surface area contributed by atoms with Gasteiger partial charge in [-0.15, -0.1) is 11.8 Å². The van der Waals surface area contributed by atoms with Crippen LogP contribution in [0.3, 0.4) is 0 Å². The van der Waals surface area contributed by atoms with Gasteiger partial charge in [-0.25, -0.2) is 0 Å². The molecule has 2 rings (SSSR count). The topological polar surface area (TPSA) is 29.5 Å². The summed E-state index contributed by atoms with van der Waals surface area (Å²) in [6.07, 6.45) is -6.33. The first-order valence-corrected chi connectivity index (χ1v) is 8.37. The third-order valence-corrected chi connectivity index (χ3v) is 4.94. The van der Waals surface area contributed by atoms with Crippen molar-refractivity contribution in [3.63, 3.8) is 0 Å². The van der Waals surface area contributed by atoms with Gasteiger partial charge in [-0.3, -0.25) is 0 Å². The predicted octanol–water partition coefficient (Wildman–Crippen LogP) is 4.71. The molecule has 0 saturated carbocycles. The van der Waals surface area contributed by atoms with E-state index in [0.717, 1.165) is 17.3 Å². The van der Waals surface area contributed by atoms with Crippen LogP contribution in [0.25, 0.3) is 0 Å². The van der Waals surface area contributed by atoms with Gasteiger partial charge in [0.2, 0.25) is 0 Å². The molecule has 0 spiro atoms. The van der Waals surface area contributed by atoms with Crippen LogP contribution in [-0.4, -0.2) is 29.7 Å². The minimum atomic E-state index is -4.63. The summed E-state index contributed by atoms with van der Waals surface area (Å²) in [5.74, 6) is 0.698. The lowest BCUT2D eigenvalue weighted by molar-refractivity contribution is -0.203. The van der Waals surface area contributed by atoms with Crippen LogP contribution in [0.4, 0.5) is 13.2 Å². The molecule has 0 heterocycles. The summed E-state index contributed by atoms with van der Waals surface area (Å²) in [6.45, 7) is 0. The van der Waals surface area contributed by atoms with Crippen molar-refractivity contribution in [2.45, 2.75) is 35.3 Å².